The van der Waals surface area contributed by atoms with Gasteiger partial charge >= 0.3 is 0 Å². The second-order valence-electron chi connectivity index (χ2n) is 5.40. The molecule has 1 atom stereocenters. The van der Waals surface area contributed by atoms with Gasteiger partial charge in [-0.2, -0.15) is 0 Å². The summed E-state index contributed by atoms with van der Waals surface area (Å²) in [5, 5.41) is 3.61. The molecule has 0 saturated heterocycles. The van der Waals surface area contributed by atoms with Gasteiger partial charge in [-0.3, -0.25) is 0 Å². The highest BCUT2D eigenvalue weighted by atomic mass is 16.5. The summed E-state index contributed by atoms with van der Waals surface area (Å²) in [7, 11) is 0. The van der Waals surface area contributed by atoms with Gasteiger partial charge in [0.1, 0.15) is 5.76 Å². The minimum Gasteiger partial charge on any atom is -0.469 e. The monoisotopic (exact) mass is 271 g/mol. The summed E-state index contributed by atoms with van der Waals surface area (Å²) in [6.45, 7) is 6.63. The number of aryl methyl sites for hydroxylation is 1. The Morgan fingerprint density at radius 1 is 1.15 bits per heavy atom. The van der Waals surface area contributed by atoms with E-state index in [-0.39, 0.29) is 6.04 Å². The maximum absolute atomic E-state index is 5.50. The molecule has 106 valence electrons. The quantitative estimate of drug-likeness (QED) is 0.900. The van der Waals surface area contributed by atoms with Gasteiger partial charge in [0.25, 0.3) is 0 Å². The first kappa shape index (κ1) is 13.4. The van der Waals surface area contributed by atoms with Crippen molar-refractivity contribution in [3.8, 4) is 0 Å². The normalized spacial score (nSPS) is 15.3. The number of hydrogen-bond donors (Lipinski definition) is 1. The van der Waals surface area contributed by atoms with Crippen LogP contribution in [0.4, 0.5) is 0 Å². The second kappa shape index (κ2) is 5.81. The van der Waals surface area contributed by atoms with Crippen molar-refractivity contribution in [1.82, 2.24) is 5.32 Å². The maximum Gasteiger partial charge on any atom is 0.101 e. The summed E-state index contributed by atoms with van der Waals surface area (Å²) in [5.74, 6) is 0.952. The molecule has 0 saturated carbocycles. The van der Waals surface area contributed by atoms with E-state index in [0.717, 1.165) is 31.9 Å². The van der Waals surface area contributed by atoms with Gasteiger partial charge in [-0.1, -0.05) is 25.1 Å². The third kappa shape index (κ3) is 2.65. The van der Waals surface area contributed by atoms with Gasteiger partial charge in [0.15, 0.2) is 0 Å². The van der Waals surface area contributed by atoms with Gasteiger partial charge in [0.2, 0.25) is 0 Å². The van der Waals surface area contributed by atoms with E-state index in [2.05, 4.69) is 36.5 Å². The topological polar surface area (TPSA) is 34.4 Å². The molecular weight excluding hydrogens is 250 g/mol. The van der Waals surface area contributed by atoms with E-state index in [1.807, 2.05) is 13.2 Å². The van der Waals surface area contributed by atoms with Gasteiger partial charge < -0.3 is 14.5 Å². The Bertz CT molecular complexity index is 588. The van der Waals surface area contributed by atoms with Crippen LogP contribution in [0, 0.1) is 6.92 Å². The van der Waals surface area contributed by atoms with Gasteiger partial charge in [0, 0.05) is 5.56 Å². The van der Waals surface area contributed by atoms with Crippen LogP contribution in [0.5, 0.6) is 0 Å². The summed E-state index contributed by atoms with van der Waals surface area (Å²) < 4.78 is 11.0. The first-order valence-corrected chi connectivity index (χ1v) is 7.26. The Hall–Kier alpha value is -1.58. The smallest absolute Gasteiger partial charge is 0.101 e. The molecule has 2 aromatic rings. The number of fused-ring (bicyclic) bond motifs is 1. The number of furan rings is 1. The molecule has 1 unspecified atom stereocenters. The highest BCUT2D eigenvalue weighted by molar-refractivity contribution is 5.38. The predicted molar refractivity (Wildman–Crippen MR) is 78.5 cm³/mol. The summed E-state index contributed by atoms with van der Waals surface area (Å²) in [6.07, 6.45) is 2.97. The lowest BCUT2D eigenvalue weighted by Gasteiger charge is -2.18. The summed E-state index contributed by atoms with van der Waals surface area (Å²) >= 11 is 0. The average molecular weight is 271 g/mol. The van der Waals surface area contributed by atoms with Crippen molar-refractivity contribution in [2.24, 2.45) is 0 Å². The van der Waals surface area contributed by atoms with Gasteiger partial charge in [-0.05, 0) is 42.6 Å². The molecule has 3 rings (SSSR count). The first-order valence-electron chi connectivity index (χ1n) is 7.26. The highest BCUT2D eigenvalue weighted by Crippen LogP contribution is 2.28. The second-order valence-corrected chi connectivity index (χ2v) is 5.40. The lowest BCUT2D eigenvalue weighted by Crippen LogP contribution is -2.23. The molecule has 1 aliphatic rings. The summed E-state index contributed by atoms with van der Waals surface area (Å²) in [5.41, 5.74) is 5.09. The molecule has 0 bridgehead atoms. The van der Waals surface area contributed by atoms with E-state index >= 15 is 0 Å². The number of ether oxygens (including phenoxy) is 1. The van der Waals surface area contributed by atoms with Crippen molar-refractivity contribution >= 4 is 0 Å². The van der Waals surface area contributed by atoms with Crippen LogP contribution < -0.4 is 5.32 Å². The fourth-order valence-corrected chi connectivity index (χ4v) is 2.70. The Kier molecular flexibility index (Phi) is 3.90. The lowest BCUT2D eigenvalue weighted by atomic mass is 9.97. The van der Waals surface area contributed by atoms with Gasteiger partial charge in [-0.25, -0.2) is 0 Å². The fourth-order valence-electron chi connectivity index (χ4n) is 2.70. The molecule has 0 spiro atoms. The zero-order valence-corrected chi connectivity index (χ0v) is 12.1. The third-order valence-electron chi connectivity index (χ3n) is 3.76. The van der Waals surface area contributed by atoms with Gasteiger partial charge in [-0.15, -0.1) is 0 Å². The van der Waals surface area contributed by atoms with Crippen molar-refractivity contribution in [1.29, 1.82) is 0 Å². The summed E-state index contributed by atoms with van der Waals surface area (Å²) in [6, 6.07) is 8.95. The largest absolute Gasteiger partial charge is 0.469 e. The molecule has 2 heterocycles. The molecule has 0 fully saturated rings. The van der Waals surface area contributed by atoms with Crippen LogP contribution in [0.15, 0.2) is 34.9 Å². The van der Waals surface area contributed by atoms with E-state index in [1.54, 1.807) is 0 Å². The number of benzene rings is 1. The molecule has 20 heavy (non-hydrogen) atoms. The van der Waals surface area contributed by atoms with Crippen LogP contribution >= 0.6 is 0 Å². The van der Waals surface area contributed by atoms with E-state index in [9.17, 15) is 0 Å². The number of rotatable bonds is 5. The van der Waals surface area contributed by atoms with E-state index in [4.69, 9.17) is 9.15 Å². The predicted octanol–water partition coefficient (Wildman–Crippen LogP) is 3.71. The van der Waals surface area contributed by atoms with Crippen LogP contribution in [0.2, 0.25) is 0 Å². The molecule has 1 aromatic heterocycles. The van der Waals surface area contributed by atoms with Crippen molar-refractivity contribution in [2.45, 2.75) is 39.5 Å². The zero-order chi connectivity index (χ0) is 13.9. The Labute approximate surface area is 119 Å². The minimum atomic E-state index is 0.193. The lowest BCUT2D eigenvalue weighted by molar-refractivity contribution is 0.134. The zero-order valence-electron chi connectivity index (χ0n) is 12.1. The van der Waals surface area contributed by atoms with Crippen molar-refractivity contribution < 1.29 is 9.15 Å². The van der Waals surface area contributed by atoms with Crippen molar-refractivity contribution in [3.05, 3.63) is 58.5 Å². The molecule has 0 aliphatic carbocycles. The Morgan fingerprint density at radius 2 is 2.00 bits per heavy atom. The first-order chi connectivity index (χ1) is 9.78. The van der Waals surface area contributed by atoms with Crippen LogP contribution in [0.1, 0.15) is 47.4 Å². The number of nitrogens with one attached hydrogen (secondary N) is 1. The molecule has 1 aromatic carbocycles. The highest BCUT2D eigenvalue weighted by Gasteiger charge is 2.18. The molecular formula is C17H21NO2. The Balaban J connectivity index is 1.92. The third-order valence-corrected chi connectivity index (χ3v) is 3.76. The number of hydrogen-bond acceptors (Lipinski definition) is 3. The summed E-state index contributed by atoms with van der Waals surface area (Å²) in [4.78, 5) is 0. The van der Waals surface area contributed by atoms with E-state index in [1.165, 1.54) is 22.3 Å². The van der Waals surface area contributed by atoms with Crippen molar-refractivity contribution in [2.75, 3.05) is 6.54 Å². The Morgan fingerprint density at radius 3 is 2.75 bits per heavy atom. The van der Waals surface area contributed by atoms with Crippen LogP contribution in [0.25, 0.3) is 0 Å². The molecule has 1 N–H and O–H groups in total. The minimum absolute atomic E-state index is 0.193. The van der Waals surface area contributed by atoms with Gasteiger partial charge in [0.05, 0.1) is 25.5 Å². The standard InChI is InChI=1S/C17H21NO2/c1-3-6-18-17(16-7-12(2)20-11-16)13-4-5-14-9-19-10-15(14)8-13/h4-5,7-8,11,17-18H,3,6,9-10H2,1-2H3. The average Bonchev–Trinajstić information content (AvgIpc) is 3.07. The van der Waals surface area contributed by atoms with E-state index < -0.39 is 0 Å². The van der Waals surface area contributed by atoms with Crippen molar-refractivity contribution in [3.63, 3.8) is 0 Å². The molecule has 3 nitrogen and oxygen atoms in total. The molecule has 0 amide bonds. The molecule has 3 heteroatoms. The van der Waals surface area contributed by atoms with E-state index in [0.29, 0.717) is 0 Å². The fraction of sp³-hybridized carbons (Fsp3) is 0.412. The van der Waals surface area contributed by atoms with Crippen LogP contribution in [-0.2, 0) is 18.0 Å². The maximum atomic E-state index is 5.50. The van der Waals surface area contributed by atoms with Crippen LogP contribution in [0.3, 0.4) is 0 Å². The molecule has 0 radical (unpaired) electrons. The van der Waals surface area contributed by atoms with Crippen LogP contribution in [-0.4, -0.2) is 6.54 Å². The molecule has 1 aliphatic heterocycles. The SMILES string of the molecule is CCCNC(c1coc(C)c1)c1ccc2c(c1)COC2.